The van der Waals surface area contributed by atoms with Crippen LogP contribution in [-0.2, 0) is 36.4 Å². The lowest BCUT2D eigenvalue weighted by atomic mass is 9.48. The van der Waals surface area contributed by atoms with E-state index in [-0.39, 0.29) is 21.7 Å². The highest BCUT2D eigenvalue weighted by Gasteiger charge is 2.51. The predicted octanol–water partition coefficient (Wildman–Crippen LogP) is 7.03. The molecule has 2 N–H and O–H groups in total. The van der Waals surface area contributed by atoms with Gasteiger partial charge in [0.25, 0.3) is 10.0 Å². The Bertz CT molecular complexity index is 1830. The lowest BCUT2D eigenvalue weighted by Gasteiger charge is -2.57. The van der Waals surface area contributed by atoms with Crippen LogP contribution in [0.15, 0.2) is 71.6 Å². The Morgan fingerprint density at radius 2 is 1.41 bits per heavy atom. The number of nitrogens with zero attached hydrogens (tertiary/aromatic N) is 1. The summed E-state index contributed by atoms with van der Waals surface area (Å²) in [6, 6.07) is 15.1. The molecular formula is C32H33ClF3N3O5S2. The molecule has 4 saturated carbocycles. The third-order valence-electron chi connectivity index (χ3n) is 9.47. The first-order chi connectivity index (χ1) is 21.5. The van der Waals surface area contributed by atoms with Gasteiger partial charge in [0.2, 0.25) is 15.9 Å². The van der Waals surface area contributed by atoms with E-state index >= 15 is 0 Å². The molecular weight excluding hydrogens is 663 g/mol. The van der Waals surface area contributed by atoms with Gasteiger partial charge in [-0.1, -0.05) is 23.7 Å². The molecule has 3 aromatic carbocycles. The van der Waals surface area contributed by atoms with Crippen LogP contribution in [0, 0.1) is 17.8 Å². The van der Waals surface area contributed by atoms with Crippen molar-refractivity contribution in [1.29, 1.82) is 0 Å². The van der Waals surface area contributed by atoms with E-state index in [4.69, 9.17) is 11.6 Å². The van der Waals surface area contributed by atoms with Crippen molar-refractivity contribution in [2.75, 3.05) is 27.1 Å². The molecule has 4 fully saturated rings. The number of halogens is 4. The maximum absolute atomic E-state index is 13.2. The van der Waals surface area contributed by atoms with E-state index in [0.717, 1.165) is 52.6 Å². The van der Waals surface area contributed by atoms with Gasteiger partial charge in [0.1, 0.15) is 6.54 Å². The number of hydrogen-bond donors (Lipinski definition) is 2. The summed E-state index contributed by atoms with van der Waals surface area (Å²) in [6.45, 7) is -0.505. The largest absolute Gasteiger partial charge is 0.417 e. The number of anilines is 3. The molecule has 0 spiro atoms. The van der Waals surface area contributed by atoms with Gasteiger partial charge >= 0.3 is 6.18 Å². The van der Waals surface area contributed by atoms with E-state index in [1.807, 2.05) is 12.1 Å². The van der Waals surface area contributed by atoms with E-state index in [1.165, 1.54) is 56.2 Å². The number of sulfonamides is 2. The van der Waals surface area contributed by atoms with E-state index in [9.17, 15) is 34.8 Å². The number of amides is 1. The molecule has 1 amide bonds. The highest BCUT2D eigenvalue weighted by Crippen LogP contribution is 2.60. The summed E-state index contributed by atoms with van der Waals surface area (Å²) in [4.78, 5) is 12.7. The van der Waals surface area contributed by atoms with Crippen LogP contribution in [0.5, 0.6) is 0 Å². The van der Waals surface area contributed by atoms with E-state index in [2.05, 4.69) is 10.0 Å². The van der Waals surface area contributed by atoms with Crippen LogP contribution >= 0.6 is 11.6 Å². The average molecular weight is 696 g/mol. The van der Waals surface area contributed by atoms with Gasteiger partial charge < -0.3 is 5.32 Å². The molecule has 0 unspecified atom stereocenters. The van der Waals surface area contributed by atoms with Crippen LogP contribution in [0.2, 0.25) is 5.02 Å². The number of benzene rings is 3. The van der Waals surface area contributed by atoms with Crippen molar-refractivity contribution in [3.05, 3.63) is 82.9 Å². The summed E-state index contributed by atoms with van der Waals surface area (Å²) < 4.78 is 93.7. The number of carbonyl (C=O) groups is 1. The van der Waals surface area contributed by atoms with Gasteiger partial charge in [-0.3, -0.25) is 13.8 Å². The Morgan fingerprint density at radius 3 is 1.93 bits per heavy atom. The summed E-state index contributed by atoms with van der Waals surface area (Å²) in [5, 5.41) is 2.00. The molecule has 0 heterocycles. The molecule has 246 valence electrons. The SMILES string of the molecule is CS(=O)(=O)N(CC(=O)Nc1ccc(S(=O)(=O)Nc2ccc(Cl)c(C(F)(F)F)c2)cc1)c1ccc(C23CC4CC(CC(C4)C2)C3)cc1. The molecule has 0 aromatic heterocycles. The molecule has 0 atom stereocenters. The van der Waals surface area contributed by atoms with Crippen LogP contribution in [0.4, 0.5) is 30.2 Å². The fourth-order valence-corrected chi connectivity index (χ4v) is 10.0. The third-order valence-corrected chi connectivity index (χ3v) is 12.3. The minimum absolute atomic E-state index is 0.149. The smallest absolute Gasteiger partial charge is 0.325 e. The lowest BCUT2D eigenvalue weighted by molar-refractivity contribution is -0.137. The standard InChI is InChI=1S/C32H33ClF3N3O5S2/c1-45(41,42)39(26-7-2-23(3-8-26)31-16-20-12-21(17-31)14-22(13-20)18-31)19-30(40)37-24-4-9-27(10-5-24)46(43,44)38-25-6-11-29(33)28(15-25)32(34,35)36/h2-11,15,20-22,38H,12-14,16-19H2,1H3,(H,37,40). The zero-order valence-electron chi connectivity index (χ0n) is 24.8. The van der Waals surface area contributed by atoms with Gasteiger partial charge in [0.15, 0.2) is 0 Å². The van der Waals surface area contributed by atoms with Crippen molar-refractivity contribution >= 4 is 54.6 Å². The third kappa shape index (κ3) is 6.72. The van der Waals surface area contributed by atoms with E-state index < -0.39 is 49.3 Å². The second-order valence-electron chi connectivity index (χ2n) is 12.9. The Hall–Kier alpha value is -3.29. The molecule has 0 saturated heterocycles. The molecule has 14 heteroatoms. The summed E-state index contributed by atoms with van der Waals surface area (Å²) in [7, 11) is -8.12. The summed E-state index contributed by atoms with van der Waals surface area (Å²) >= 11 is 5.61. The molecule has 4 bridgehead atoms. The molecule has 4 aliphatic rings. The number of nitrogens with one attached hydrogen (secondary N) is 2. The number of hydrogen-bond acceptors (Lipinski definition) is 5. The van der Waals surface area contributed by atoms with Crippen molar-refractivity contribution in [3.8, 4) is 0 Å². The van der Waals surface area contributed by atoms with Gasteiger partial charge in [-0.25, -0.2) is 16.8 Å². The van der Waals surface area contributed by atoms with Gasteiger partial charge in [0.05, 0.1) is 27.4 Å². The molecule has 0 aliphatic heterocycles. The highest BCUT2D eigenvalue weighted by molar-refractivity contribution is 7.92. The van der Waals surface area contributed by atoms with Gasteiger partial charge in [-0.2, -0.15) is 13.2 Å². The Balaban J connectivity index is 1.12. The maximum Gasteiger partial charge on any atom is 0.417 e. The molecule has 4 aliphatic carbocycles. The highest BCUT2D eigenvalue weighted by atomic mass is 35.5. The Kier molecular flexibility index (Phi) is 8.34. The van der Waals surface area contributed by atoms with Crippen LogP contribution in [0.1, 0.15) is 49.7 Å². The molecule has 7 rings (SSSR count). The topological polar surface area (TPSA) is 113 Å². The zero-order valence-corrected chi connectivity index (χ0v) is 27.2. The maximum atomic E-state index is 13.2. The van der Waals surface area contributed by atoms with Crippen molar-refractivity contribution in [3.63, 3.8) is 0 Å². The minimum atomic E-state index is -4.78. The fourth-order valence-electron chi connectivity index (χ4n) is 7.91. The van der Waals surface area contributed by atoms with Gasteiger partial charge in [-0.15, -0.1) is 0 Å². The summed E-state index contributed by atoms with van der Waals surface area (Å²) in [5.41, 5.74) is 0.427. The molecule has 0 radical (unpaired) electrons. The van der Waals surface area contributed by atoms with Crippen LogP contribution in [0.25, 0.3) is 0 Å². The van der Waals surface area contributed by atoms with Crippen molar-refractivity contribution in [1.82, 2.24) is 0 Å². The van der Waals surface area contributed by atoms with Crippen molar-refractivity contribution < 1.29 is 34.8 Å². The first-order valence-electron chi connectivity index (χ1n) is 14.9. The minimum Gasteiger partial charge on any atom is -0.325 e. The van der Waals surface area contributed by atoms with E-state index in [1.54, 1.807) is 12.1 Å². The Labute approximate surface area is 271 Å². The monoisotopic (exact) mass is 695 g/mol. The zero-order chi connectivity index (χ0) is 33.1. The van der Waals surface area contributed by atoms with Crippen LogP contribution in [-0.4, -0.2) is 35.5 Å². The van der Waals surface area contributed by atoms with Crippen molar-refractivity contribution in [2.45, 2.75) is 55.0 Å². The first-order valence-corrected chi connectivity index (χ1v) is 18.6. The van der Waals surface area contributed by atoms with Gasteiger partial charge in [-0.05, 0) is 122 Å². The molecule has 46 heavy (non-hydrogen) atoms. The van der Waals surface area contributed by atoms with Crippen LogP contribution < -0.4 is 14.3 Å². The summed E-state index contributed by atoms with van der Waals surface area (Å²) in [6.07, 6.45) is 3.73. The van der Waals surface area contributed by atoms with Crippen LogP contribution in [0.3, 0.4) is 0 Å². The van der Waals surface area contributed by atoms with E-state index in [0.29, 0.717) is 11.8 Å². The molecule has 8 nitrogen and oxygen atoms in total. The Morgan fingerprint density at radius 1 is 0.870 bits per heavy atom. The normalized spacial score (nSPS) is 24.1. The average Bonchev–Trinajstić information content (AvgIpc) is 2.95. The number of alkyl halides is 3. The second kappa shape index (κ2) is 11.7. The first kappa shape index (κ1) is 32.6. The second-order valence-corrected chi connectivity index (χ2v) is 16.9. The fraction of sp³-hybridized carbons (Fsp3) is 0.406. The predicted molar refractivity (Wildman–Crippen MR) is 171 cm³/mol. The van der Waals surface area contributed by atoms with Gasteiger partial charge in [0, 0.05) is 11.4 Å². The lowest BCUT2D eigenvalue weighted by Crippen LogP contribution is -2.48. The van der Waals surface area contributed by atoms with Crippen molar-refractivity contribution in [2.24, 2.45) is 17.8 Å². The number of carbonyl (C=O) groups excluding carboxylic acids is 1. The number of rotatable bonds is 9. The molecule has 3 aromatic rings. The quantitative estimate of drug-likeness (QED) is 0.250. The summed E-state index contributed by atoms with van der Waals surface area (Å²) in [5.74, 6) is 1.65.